The Morgan fingerprint density at radius 3 is 2.48 bits per heavy atom. The number of nitrogens with one attached hydrogen (secondary N) is 1. The Hall–Kier alpha value is -3.99. The second-order valence-corrected chi connectivity index (χ2v) is 5.26. The van der Waals surface area contributed by atoms with Gasteiger partial charge in [0.25, 0.3) is 5.91 Å². The number of aromatic hydroxyl groups is 1. The van der Waals surface area contributed by atoms with Crippen LogP contribution in [0.2, 0.25) is 0 Å². The first-order valence-corrected chi connectivity index (χ1v) is 7.67. The Morgan fingerprint density at radius 1 is 1.19 bits per heavy atom. The summed E-state index contributed by atoms with van der Waals surface area (Å²) in [4.78, 5) is 22.8. The third kappa shape index (κ3) is 5.51. The standard InChI is InChI=1S/C19H16N2O6/c1-26-17-9-12(2-7-16(17)27-11-18(23)24)8-13(10-20)19(25)21-14-3-5-15(22)6-4-14/h2-9,22H,11H2,1H3,(H,21,25)(H,23,24)/b13-8+. The van der Waals surface area contributed by atoms with Crippen LogP contribution in [0.25, 0.3) is 6.08 Å². The van der Waals surface area contributed by atoms with Crippen molar-refractivity contribution in [3.63, 3.8) is 0 Å². The van der Waals surface area contributed by atoms with Crippen LogP contribution in [0.15, 0.2) is 48.0 Å². The second kappa shape index (κ2) is 8.92. The average Bonchev–Trinajstić information content (AvgIpc) is 2.66. The molecule has 0 saturated carbocycles. The lowest BCUT2D eigenvalue weighted by atomic mass is 10.1. The first kappa shape index (κ1) is 19.3. The van der Waals surface area contributed by atoms with E-state index in [2.05, 4.69) is 5.32 Å². The van der Waals surface area contributed by atoms with Gasteiger partial charge in [-0.15, -0.1) is 0 Å². The van der Waals surface area contributed by atoms with E-state index in [1.165, 1.54) is 49.6 Å². The van der Waals surface area contributed by atoms with Gasteiger partial charge in [0.15, 0.2) is 18.1 Å². The van der Waals surface area contributed by atoms with Crippen molar-refractivity contribution < 1.29 is 29.3 Å². The number of carbonyl (C=O) groups excluding carboxylic acids is 1. The lowest BCUT2D eigenvalue weighted by molar-refractivity contribution is -0.139. The summed E-state index contributed by atoms with van der Waals surface area (Å²) in [5.41, 5.74) is 0.769. The Labute approximate surface area is 154 Å². The molecule has 8 heteroatoms. The number of phenolic OH excluding ortho intramolecular Hbond substituents is 1. The van der Waals surface area contributed by atoms with Crippen molar-refractivity contribution in [2.75, 3.05) is 19.0 Å². The maximum Gasteiger partial charge on any atom is 0.341 e. The molecule has 0 radical (unpaired) electrons. The minimum Gasteiger partial charge on any atom is -0.508 e. The maximum absolute atomic E-state index is 12.2. The summed E-state index contributed by atoms with van der Waals surface area (Å²) in [6.45, 7) is -0.524. The fraction of sp³-hybridized carbons (Fsp3) is 0.105. The molecule has 3 N–H and O–H groups in total. The third-order valence-corrected chi connectivity index (χ3v) is 3.34. The van der Waals surface area contributed by atoms with Gasteiger partial charge in [-0.05, 0) is 48.0 Å². The van der Waals surface area contributed by atoms with E-state index in [9.17, 15) is 20.0 Å². The molecule has 0 unspecified atom stereocenters. The molecular weight excluding hydrogens is 352 g/mol. The smallest absolute Gasteiger partial charge is 0.341 e. The number of aliphatic carboxylic acids is 1. The predicted molar refractivity (Wildman–Crippen MR) is 96.5 cm³/mol. The molecule has 8 nitrogen and oxygen atoms in total. The van der Waals surface area contributed by atoms with Gasteiger partial charge in [-0.1, -0.05) is 6.07 Å². The molecule has 0 saturated heterocycles. The number of carbonyl (C=O) groups is 2. The number of carboxylic acids is 1. The van der Waals surface area contributed by atoms with Crippen LogP contribution in [-0.4, -0.2) is 35.8 Å². The fourth-order valence-electron chi connectivity index (χ4n) is 2.09. The van der Waals surface area contributed by atoms with E-state index in [1.807, 2.05) is 6.07 Å². The molecule has 2 rings (SSSR count). The molecule has 0 spiro atoms. The van der Waals surface area contributed by atoms with Crippen LogP contribution in [0.3, 0.4) is 0 Å². The summed E-state index contributed by atoms with van der Waals surface area (Å²) < 4.78 is 10.2. The molecule has 2 aromatic rings. The van der Waals surface area contributed by atoms with Crippen LogP contribution in [-0.2, 0) is 9.59 Å². The second-order valence-electron chi connectivity index (χ2n) is 5.26. The van der Waals surface area contributed by atoms with Crippen LogP contribution in [0, 0.1) is 11.3 Å². The van der Waals surface area contributed by atoms with Crippen molar-refractivity contribution in [3.05, 3.63) is 53.6 Å². The number of ether oxygens (including phenoxy) is 2. The number of hydrogen-bond acceptors (Lipinski definition) is 6. The van der Waals surface area contributed by atoms with Crippen LogP contribution in [0.4, 0.5) is 5.69 Å². The molecule has 138 valence electrons. The van der Waals surface area contributed by atoms with E-state index in [1.54, 1.807) is 6.07 Å². The summed E-state index contributed by atoms with van der Waals surface area (Å²) in [7, 11) is 1.39. The Morgan fingerprint density at radius 2 is 1.89 bits per heavy atom. The Bertz CT molecular complexity index is 913. The van der Waals surface area contributed by atoms with Crippen LogP contribution >= 0.6 is 0 Å². The number of hydrogen-bond donors (Lipinski definition) is 3. The minimum absolute atomic E-state index is 0.0568. The largest absolute Gasteiger partial charge is 0.508 e. The van der Waals surface area contributed by atoms with E-state index in [0.717, 1.165) is 0 Å². The van der Waals surface area contributed by atoms with E-state index in [-0.39, 0.29) is 22.8 Å². The Kier molecular flexibility index (Phi) is 6.39. The molecule has 27 heavy (non-hydrogen) atoms. The van der Waals surface area contributed by atoms with Crippen LogP contribution in [0.1, 0.15) is 5.56 Å². The summed E-state index contributed by atoms with van der Waals surface area (Å²) in [5, 5.41) is 29.7. The van der Waals surface area contributed by atoms with Gasteiger partial charge in [-0.2, -0.15) is 5.26 Å². The number of methoxy groups -OCH3 is 1. The summed E-state index contributed by atoms with van der Waals surface area (Å²) in [6.07, 6.45) is 1.36. The van der Waals surface area contributed by atoms with Gasteiger partial charge in [-0.3, -0.25) is 4.79 Å². The van der Waals surface area contributed by atoms with E-state index >= 15 is 0 Å². The van der Waals surface area contributed by atoms with Gasteiger partial charge in [0.2, 0.25) is 0 Å². The van der Waals surface area contributed by atoms with E-state index < -0.39 is 18.5 Å². The summed E-state index contributed by atoms with van der Waals surface area (Å²) in [6, 6.07) is 12.2. The molecular formula is C19H16N2O6. The van der Waals surface area contributed by atoms with E-state index in [4.69, 9.17) is 14.6 Å². The molecule has 0 aromatic heterocycles. The predicted octanol–water partition coefficient (Wildman–Crippen LogP) is 2.41. The highest BCUT2D eigenvalue weighted by Gasteiger charge is 2.12. The van der Waals surface area contributed by atoms with Gasteiger partial charge in [-0.25, -0.2) is 4.79 Å². The van der Waals surface area contributed by atoms with Crippen LogP contribution < -0.4 is 14.8 Å². The van der Waals surface area contributed by atoms with Gasteiger partial charge in [0, 0.05) is 5.69 Å². The minimum atomic E-state index is -1.13. The normalized spacial score (nSPS) is 10.6. The maximum atomic E-state index is 12.2. The van der Waals surface area contributed by atoms with Crippen molar-refractivity contribution in [2.24, 2.45) is 0 Å². The zero-order valence-corrected chi connectivity index (χ0v) is 14.3. The quantitative estimate of drug-likeness (QED) is 0.389. The number of carboxylic acid groups (broad SMARTS) is 1. The van der Waals surface area contributed by atoms with Gasteiger partial charge in [0.05, 0.1) is 7.11 Å². The first-order chi connectivity index (χ1) is 12.9. The number of nitriles is 1. The fourth-order valence-corrected chi connectivity index (χ4v) is 2.09. The van der Waals surface area contributed by atoms with Gasteiger partial charge < -0.3 is 25.0 Å². The van der Waals surface area contributed by atoms with Crippen molar-refractivity contribution in [1.82, 2.24) is 0 Å². The van der Waals surface area contributed by atoms with Gasteiger partial charge in [0.1, 0.15) is 17.4 Å². The number of nitrogens with zero attached hydrogens (tertiary/aromatic N) is 1. The Balaban J connectivity index is 2.20. The highest BCUT2D eigenvalue weighted by Crippen LogP contribution is 2.29. The van der Waals surface area contributed by atoms with Crippen molar-refractivity contribution in [2.45, 2.75) is 0 Å². The van der Waals surface area contributed by atoms with Crippen molar-refractivity contribution >= 4 is 23.6 Å². The molecule has 2 aromatic carbocycles. The molecule has 0 aliphatic rings. The SMILES string of the molecule is COc1cc(/C=C(\C#N)C(=O)Nc2ccc(O)cc2)ccc1OCC(=O)O. The number of benzene rings is 2. The average molecular weight is 368 g/mol. The number of phenols is 1. The molecule has 0 heterocycles. The number of anilines is 1. The monoisotopic (exact) mass is 368 g/mol. The lowest BCUT2D eigenvalue weighted by Crippen LogP contribution is -2.13. The van der Waals surface area contributed by atoms with Crippen LogP contribution in [0.5, 0.6) is 17.2 Å². The highest BCUT2D eigenvalue weighted by atomic mass is 16.5. The molecule has 0 aliphatic heterocycles. The molecule has 0 aliphatic carbocycles. The summed E-state index contributed by atoms with van der Waals surface area (Å²) in [5.74, 6) is -1.20. The first-order valence-electron chi connectivity index (χ1n) is 7.67. The lowest BCUT2D eigenvalue weighted by Gasteiger charge is -2.10. The van der Waals surface area contributed by atoms with Crippen molar-refractivity contribution in [3.8, 4) is 23.3 Å². The highest BCUT2D eigenvalue weighted by molar-refractivity contribution is 6.09. The summed E-state index contributed by atoms with van der Waals surface area (Å²) >= 11 is 0. The zero-order valence-electron chi connectivity index (χ0n) is 14.3. The molecule has 0 bridgehead atoms. The molecule has 1 amide bonds. The number of rotatable bonds is 7. The third-order valence-electron chi connectivity index (χ3n) is 3.34. The van der Waals surface area contributed by atoms with Gasteiger partial charge >= 0.3 is 5.97 Å². The van der Waals surface area contributed by atoms with E-state index in [0.29, 0.717) is 11.3 Å². The van der Waals surface area contributed by atoms with Crippen molar-refractivity contribution in [1.29, 1.82) is 5.26 Å². The zero-order chi connectivity index (χ0) is 19.8. The molecule has 0 fully saturated rings. The molecule has 0 atom stereocenters. The topological polar surface area (TPSA) is 129 Å². The number of amides is 1.